The van der Waals surface area contributed by atoms with Crippen LogP contribution in [0.15, 0.2) is 31.0 Å². The SMILES string of the molecule is C=CCOC(=O)c1c(C)nc2c(cnn2CC=CCC)c1N. The number of allylic oxidation sites excluding steroid dienone is 2. The van der Waals surface area contributed by atoms with E-state index in [1.54, 1.807) is 17.8 Å². The molecule has 2 aromatic rings. The van der Waals surface area contributed by atoms with E-state index in [9.17, 15) is 4.79 Å². The van der Waals surface area contributed by atoms with Gasteiger partial charge in [0.25, 0.3) is 0 Å². The van der Waals surface area contributed by atoms with Gasteiger partial charge >= 0.3 is 5.97 Å². The van der Waals surface area contributed by atoms with Crippen LogP contribution in [0, 0.1) is 6.92 Å². The second-order valence-electron chi connectivity index (χ2n) is 4.82. The zero-order valence-electron chi connectivity index (χ0n) is 12.9. The van der Waals surface area contributed by atoms with Gasteiger partial charge in [-0.15, -0.1) is 0 Å². The minimum Gasteiger partial charge on any atom is -0.458 e. The Morgan fingerprint density at radius 2 is 2.27 bits per heavy atom. The lowest BCUT2D eigenvalue weighted by Gasteiger charge is -2.09. The number of nitrogens with zero attached hydrogens (tertiary/aromatic N) is 3. The highest BCUT2D eigenvalue weighted by atomic mass is 16.5. The largest absolute Gasteiger partial charge is 0.458 e. The number of nitrogens with two attached hydrogens (primary N) is 1. The summed E-state index contributed by atoms with van der Waals surface area (Å²) in [5.74, 6) is -0.497. The van der Waals surface area contributed by atoms with Crippen LogP contribution in [-0.2, 0) is 11.3 Å². The third kappa shape index (κ3) is 3.00. The maximum Gasteiger partial charge on any atom is 0.342 e. The molecular weight excluding hydrogens is 280 g/mol. The molecule has 0 saturated carbocycles. The number of carbonyl (C=O) groups is 1. The molecule has 0 atom stereocenters. The summed E-state index contributed by atoms with van der Waals surface area (Å²) in [6.07, 6.45) is 8.18. The normalized spacial score (nSPS) is 11.2. The quantitative estimate of drug-likeness (QED) is 0.655. The summed E-state index contributed by atoms with van der Waals surface area (Å²) in [6, 6.07) is 0. The molecule has 2 N–H and O–H groups in total. The Kier molecular flexibility index (Phi) is 4.93. The number of nitrogen functional groups attached to an aromatic ring is 1. The minimum absolute atomic E-state index is 0.136. The molecule has 0 aliphatic carbocycles. The second kappa shape index (κ2) is 6.89. The fourth-order valence-corrected chi connectivity index (χ4v) is 2.17. The van der Waals surface area contributed by atoms with Crippen molar-refractivity contribution in [3.63, 3.8) is 0 Å². The molecule has 116 valence electrons. The van der Waals surface area contributed by atoms with Crippen molar-refractivity contribution in [1.29, 1.82) is 0 Å². The average molecular weight is 300 g/mol. The molecule has 0 aromatic carbocycles. The molecule has 0 aliphatic heterocycles. The Morgan fingerprint density at radius 3 is 2.95 bits per heavy atom. The number of hydrogen-bond acceptors (Lipinski definition) is 5. The highest BCUT2D eigenvalue weighted by Crippen LogP contribution is 2.26. The first-order valence-electron chi connectivity index (χ1n) is 7.14. The van der Waals surface area contributed by atoms with E-state index in [1.807, 2.05) is 6.08 Å². The van der Waals surface area contributed by atoms with Crippen LogP contribution in [0.5, 0.6) is 0 Å². The Morgan fingerprint density at radius 1 is 1.50 bits per heavy atom. The van der Waals surface area contributed by atoms with Crippen LogP contribution < -0.4 is 5.73 Å². The first kappa shape index (κ1) is 15.8. The van der Waals surface area contributed by atoms with E-state index in [-0.39, 0.29) is 12.2 Å². The van der Waals surface area contributed by atoms with Crippen molar-refractivity contribution in [2.75, 3.05) is 12.3 Å². The van der Waals surface area contributed by atoms with Crippen molar-refractivity contribution in [1.82, 2.24) is 14.8 Å². The van der Waals surface area contributed by atoms with E-state index in [2.05, 4.69) is 29.7 Å². The van der Waals surface area contributed by atoms with Gasteiger partial charge in [-0.1, -0.05) is 31.7 Å². The number of anilines is 1. The van der Waals surface area contributed by atoms with Gasteiger partial charge in [0.15, 0.2) is 5.65 Å². The zero-order valence-corrected chi connectivity index (χ0v) is 12.9. The summed E-state index contributed by atoms with van der Waals surface area (Å²) in [7, 11) is 0. The van der Waals surface area contributed by atoms with Gasteiger partial charge in [0.1, 0.15) is 12.2 Å². The Balaban J connectivity index is 2.44. The lowest BCUT2D eigenvalue weighted by molar-refractivity contribution is 0.0550. The van der Waals surface area contributed by atoms with Crippen molar-refractivity contribution in [2.24, 2.45) is 0 Å². The van der Waals surface area contributed by atoms with E-state index >= 15 is 0 Å². The summed E-state index contributed by atoms with van der Waals surface area (Å²) in [6.45, 7) is 8.07. The molecule has 6 heteroatoms. The molecular formula is C16H20N4O2. The topological polar surface area (TPSA) is 83.0 Å². The number of esters is 1. The predicted molar refractivity (Wildman–Crippen MR) is 86.6 cm³/mol. The van der Waals surface area contributed by atoms with E-state index in [1.165, 1.54) is 6.08 Å². The molecule has 2 heterocycles. The number of fused-ring (bicyclic) bond motifs is 1. The van der Waals surface area contributed by atoms with Crippen molar-refractivity contribution in [2.45, 2.75) is 26.8 Å². The zero-order chi connectivity index (χ0) is 16.1. The number of aromatic nitrogens is 3. The van der Waals surface area contributed by atoms with Crippen molar-refractivity contribution in [3.05, 3.63) is 42.3 Å². The van der Waals surface area contributed by atoms with Crippen molar-refractivity contribution in [3.8, 4) is 0 Å². The third-order valence-electron chi connectivity index (χ3n) is 3.22. The van der Waals surface area contributed by atoms with E-state index in [4.69, 9.17) is 10.5 Å². The fraction of sp³-hybridized carbons (Fsp3) is 0.312. The molecule has 6 nitrogen and oxygen atoms in total. The highest BCUT2D eigenvalue weighted by Gasteiger charge is 2.20. The molecule has 0 bridgehead atoms. The van der Waals surface area contributed by atoms with Gasteiger partial charge in [0.2, 0.25) is 0 Å². The van der Waals surface area contributed by atoms with Gasteiger partial charge < -0.3 is 10.5 Å². The number of aryl methyl sites for hydroxylation is 1. The van der Waals surface area contributed by atoms with Crippen LogP contribution in [-0.4, -0.2) is 27.3 Å². The molecule has 0 saturated heterocycles. The van der Waals surface area contributed by atoms with Crippen LogP contribution in [0.2, 0.25) is 0 Å². The van der Waals surface area contributed by atoms with E-state index < -0.39 is 5.97 Å². The van der Waals surface area contributed by atoms with Gasteiger partial charge in [-0.3, -0.25) is 0 Å². The maximum atomic E-state index is 12.1. The lowest BCUT2D eigenvalue weighted by atomic mass is 10.1. The molecule has 0 spiro atoms. The maximum absolute atomic E-state index is 12.1. The summed E-state index contributed by atoms with van der Waals surface area (Å²) in [4.78, 5) is 16.5. The number of ether oxygens (including phenoxy) is 1. The highest BCUT2D eigenvalue weighted by molar-refractivity contribution is 6.04. The monoisotopic (exact) mass is 300 g/mol. The molecule has 0 radical (unpaired) electrons. The van der Waals surface area contributed by atoms with Crippen LogP contribution in [0.25, 0.3) is 11.0 Å². The standard InChI is InChI=1S/C16H20N4O2/c1-4-6-7-8-20-15-12(10-18-20)14(17)13(11(3)19-15)16(21)22-9-5-2/h5-7,10H,2,4,8-9H2,1,3H3,(H2,17,19). The fourth-order valence-electron chi connectivity index (χ4n) is 2.17. The third-order valence-corrected chi connectivity index (χ3v) is 3.22. The lowest BCUT2D eigenvalue weighted by Crippen LogP contribution is -2.12. The number of pyridine rings is 1. The summed E-state index contributed by atoms with van der Waals surface area (Å²) >= 11 is 0. The van der Waals surface area contributed by atoms with Gasteiger partial charge in [-0.25, -0.2) is 14.5 Å². The molecule has 0 aliphatic rings. The van der Waals surface area contributed by atoms with Gasteiger partial charge in [-0.05, 0) is 13.3 Å². The van der Waals surface area contributed by atoms with Crippen LogP contribution >= 0.6 is 0 Å². The van der Waals surface area contributed by atoms with E-state index in [0.717, 1.165) is 6.42 Å². The van der Waals surface area contributed by atoms with Crippen LogP contribution in [0.3, 0.4) is 0 Å². The Bertz CT molecular complexity index is 731. The predicted octanol–water partition coefficient (Wildman–Crippen LogP) is 2.63. The first-order chi connectivity index (χ1) is 10.6. The van der Waals surface area contributed by atoms with E-state index in [0.29, 0.717) is 29.0 Å². The summed E-state index contributed by atoms with van der Waals surface area (Å²) in [5, 5.41) is 4.94. The van der Waals surface area contributed by atoms with Crippen LogP contribution in [0.4, 0.5) is 5.69 Å². The van der Waals surface area contributed by atoms with Crippen LogP contribution in [0.1, 0.15) is 29.4 Å². The Labute approximate surface area is 129 Å². The molecule has 0 fully saturated rings. The average Bonchev–Trinajstić information content (AvgIpc) is 2.88. The molecule has 2 rings (SSSR count). The smallest absolute Gasteiger partial charge is 0.342 e. The van der Waals surface area contributed by atoms with Crippen molar-refractivity contribution >= 4 is 22.7 Å². The molecule has 0 amide bonds. The second-order valence-corrected chi connectivity index (χ2v) is 4.82. The summed E-state index contributed by atoms with van der Waals surface area (Å²) < 4.78 is 6.81. The molecule has 2 aromatic heterocycles. The van der Waals surface area contributed by atoms with Gasteiger partial charge in [0, 0.05) is 0 Å². The van der Waals surface area contributed by atoms with Gasteiger partial charge in [-0.2, -0.15) is 5.10 Å². The molecule has 0 unspecified atom stereocenters. The number of hydrogen-bond donors (Lipinski definition) is 1. The Hall–Kier alpha value is -2.63. The summed E-state index contributed by atoms with van der Waals surface area (Å²) in [5.41, 5.74) is 7.95. The molecule has 22 heavy (non-hydrogen) atoms. The minimum atomic E-state index is -0.497. The first-order valence-corrected chi connectivity index (χ1v) is 7.14. The van der Waals surface area contributed by atoms with Gasteiger partial charge in [0.05, 0.1) is 29.5 Å². The number of rotatable bonds is 6. The van der Waals surface area contributed by atoms with Crippen molar-refractivity contribution < 1.29 is 9.53 Å². The number of carbonyl (C=O) groups excluding carboxylic acids is 1.